The molecule has 292 valence electrons. The standard InChI is InChI=1S/2C21H38O4/c1-2-3-4-5-6-7-8-9-10-11-12-13-14-15-16-17-18-25-21(24)19-20(22)23;1-2-3-4-5-6-7-8-9-10-11-12-13-14-15-16-17-18-19(20(22)23)21(24)25/h9-10H,2-8,11-19H2,1H3,(H,22,23);9-10,19H,2-8,11-18H2,1H3,(H,22,23)(H,24,25)/b10-9-;. The quantitative estimate of drug-likeness (QED) is 0.0253. The molecule has 0 aliphatic heterocycles. The van der Waals surface area contributed by atoms with Crippen molar-refractivity contribution in [1.29, 1.82) is 0 Å². The second kappa shape index (κ2) is 40.8. The molecule has 0 aromatic rings. The number of rotatable bonds is 36. The Hall–Kier alpha value is -2.64. The summed E-state index contributed by atoms with van der Waals surface area (Å²) in [4.78, 5) is 42.8. The highest BCUT2D eigenvalue weighted by Crippen LogP contribution is 2.14. The summed E-state index contributed by atoms with van der Waals surface area (Å²) < 4.78 is 4.84. The maximum atomic E-state index is 11.0. The number of esters is 1. The summed E-state index contributed by atoms with van der Waals surface area (Å²) in [7, 11) is 0. The molecule has 0 saturated carbocycles. The fourth-order valence-corrected chi connectivity index (χ4v) is 5.66. The first-order valence-electron chi connectivity index (χ1n) is 20.4. The predicted octanol–water partition coefficient (Wildman–Crippen LogP) is 12.2. The zero-order chi connectivity index (χ0) is 37.3. The van der Waals surface area contributed by atoms with E-state index in [4.69, 9.17) is 20.1 Å². The van der Waals surface area contributed by atoms with Gasteiger partial charge in [0.05, 0.1) is 6.61 Å². The Balaban J connectivity index is 0. The molecule has 0 spiro atoms. The molecular formula is C42H76O8. The Kier molecular flexibility index (Phi) is 40.4. The molecular weight excluding hydrogens is 632 g/mol. The maximum absolute atomic E-state index is 11.0. The van der Waals surface area contributed by atoms with Crippen LogP contribution in [0.25, 0.3) is 0 Å². The van der Waals surface area contributed by atoms with Gasteiger partial charge in [-0.25, -0.2) is 0 Å². The molecule has 0 saturated heterocycles. The van der Waals surface area contributed by atoms with Crippen molar-refractivity contribution in [2.75, 3.05) is 6.61 Å². The van der Waals surface area contributed by atoms with E-state index in [0.29, 0.717) is 13.0 Å². The second-order valence-corrected chi connectivity index (χ2v) is 13.7. The number of hydrogen-bond donors (Lipinski definition) is 3. The third-order valence-electron chi connectivity index (χ3n) is 8.82. The summed E-state index contributed by atoms with van der Waals surface area (Å²) in [5, 5.41) is 26.0. The summed E-state index contributed by atoms with van der Waals surface area (Å²) in [6.07, 6.45) is 43.0. The van der Waals surface area contributed by atoms with Gasteiger partial charge in [-0.15, -0.1) is 0 Å². The van der Waals surface area contributed by atoms with Crippen LogP contribution in [-0.2, 0) is 23.9 Å². The van der Waals surface area contributed by atoms with Gasteiger partial charge in [0.15, 0.2) is 5.92 Å². The number of ether oxygens (including phenoxy) is 1. The van der Waals surface area contributed by atoms with Crippen molar-refractivity contribution in [1.82, 2.24) is 0 Å². The molecule has 0 aromatic heterocycles. The molecule has 0 atom stereocenters. The van der Waals surface area contributed by atoms with E-state index >= 15 is 0 Å². The van der Waals surface area contributed by atoms with Gasteiger partial charge in [-0.2, -0.15) is 0 Å². The third kappa shape index (κ3) is 41.5. The number of carbonyl (C=O) groups is 4. The van der Waals surface area contributed by atoms with Crippen LogP contribution in [0.4, 0.5) is 0 Å². The minimum atomic E-state index is -1.24. The first-order chi connectivity index (χ1) is 24.3. The average molecular weight is 709 g/mol. The van der Waals surface area contributed by atoms with Crippen molar-refractivity contribution >= 4 is 23.9 Å². The fraction of sp³-hybridized carbons (Fsp3) is 0.810. The van der Waals surface area contributed by atoms with Crippen molar-refractivity contribution in [3.8, 4) is 0 Å². The molecule has 8 nitrogen and oxygen atoms in total. The van der Waals surface area contributed by atoms with Crippen molar-refractivity contribution in [2.24, 2.45) is 5.92 Å². The lowest BCUT2D eigenvalue weighted by atomic mass is 10.0. The lowest BCUT2D eigenvalue weighted by Gasteiger charge is -2.06. The van der Waals surface area contributed by atoms with Crippen LogP contribution in [0.15, 0.2) is 24.3 Å². The highest BCUT2D eigenvalue weighted by molar-refractivity contribution is 5.92. The summed E-state index contributed by atoms with van der Waals surface area (Å²) >= 11 is 0. The van der Waals surface area contributed by atoms with Gasteiger partial charge in [0.1, 0.15) is 6.42 Å². The van der Waals surface area contributed by atoms with Gasteiger partial charge in [0, 0.05) is 0 Å². The zero-order valence-electron chi connectivity index (χ0n) is 32.2. The Bertz CT molecular complexity index is 834. The van der Waals surface area contributed by atoms with E-state index in [0.717, 1.165) is 44.9 Å². The third-order valence-corrected chi connectivity index (χ3v) is 8.82. The highest BCUT2D eigenvalue weighted by atomic mass is 16.5. The number of carbonyl (C=O) groups excluding carboxylic acids is 1. The largest absolute Gasteiger partial charge is 0.481 e. The van der Waals surface area contributed by atoms with Crippen LogP contribution in [0.1, 0.15) is 206 Å². The SMILES string of the molecule is CCCCCCCC/C=C\CCCCCCCCOC(=O)CC(=O)O.CCCCCCCCC=CCCCCCCCCC(C(=O)O)C(=O)O. The van der Waals surface area contributed by atoms with Crippen LogP contribution in [0, 0.1) is 5.92 Å². The summed E-state index contributed by atoms with van der Waals surface area (Å²) in [6, 6.07) is 0. The Labute approximate surface area is 305 Å². The molecule has 0 aliphatic carbocycles. The van der Waals surface area contributed by atoms with E-state index in [-0.39, 0.29) is 6.42 Å². The zero-order valence-corrected chi connectivity index (χ0v) is 32.2. The predicted molar refractivity (Wildman–Crippen MR) is 205 cm³/mol. The number of allylic oxidation sites excluding steroid dienone is 4. The van der Waals surface area contributed by atoms with E-state index in [9.17, 15) is 19.2 Å². The molecule has 0 bridgehead atoms. The minimum Gasteiger partial charge on any atom is -0.481 e. The molecule has 0 fully saturated rings. The van der Waals surface area contributed by atoms with Crippen molar-refractivity contribution in [3.05, 3.63) is 24.3 Å². The van der Waals surface area contributed by atoms with Crippen LogP contribution < -0.4 is 0 Å². The maximum Gasteiger partial charge on any atom is 0.317 e. The number of hydrogen-bond acceptors (Lipinski definition) is 5. The number of carboxylic acids is 3. The van der Waals surface area contributed by atoms with Crippen molar-refractivity contribution in [2.45, 2.75) is 206 Å². The first kappa shape index (κ1) is 49.5. The van der Waals surface area contributed by atoms with Gasteiger partial charge < -0.3 is 20.1 Å². The lowest BCUT2D eigenvalue weighted by molar-refractivity contribution is -0.155. The Morgan fingerprint density at radius 3 is 1.12 bits per heavy atom. The molecule has 0 rings (SSSR count). The number of aliphatic carboxylic acids is 3. The lowest BCUT2D eigenvalue weighted by Crippen LogP contribution is -2.23. The van der Waals surface area contributed by atoms with Crippen molar-refractivity contribution < 1.29 is 39.2 Å². The van der Waals surface area contributed by atoms with Crippen LogP contribution in [0.3, 0.4) is 0 Å². The molecule has 0 unspecified atom stereocenters. The monoisotopic (exact) mass is 709 g/mol. The van der Waals surface area contributed by atoms with E-state index in [1.54, 1.807) is 0 Å². The van der Waals surface area contributed by atoms with Gasteiger partial charge >= 0.3 is 23.9 Å². The number of unbranched alkanes of at least 4 members (excludes halogenated alkanes) is 24. The first-order valence-corrected chi connectivity index (χ1v) is 20.4. The summed E-state index contributed by atoms with van der Waals surface area (Å²) in [6.45, 7) is 4.84. The van der Waals surface area contributed by atoms with E-state index < -0.39 is 36.2 Å². The van der Waals surface area contributed by atoms with E-state index in [1.807, 2.05) is 0 Å². The normalized spacial score (nSPS) is 11.3. The molecule has 0 radical (unpaired) electrons. The molecule has 8 heteroatoms. The van der Waals surface area contributed by atoms with Crippen LogP contribution >= 0.6 is 0 Å². The van der Waals surface area contributed by atoms with Crippen LogP contribution in [0.5, 0.6) is 0 Å². The number of carboxylic acid groups (broad SMARTS) is 3. The van der Waals surface area contributed by atoms with E-state index in [1.165, 1.54) is 128 Å². The Morgan fingerprint density at radius 1 is 0.460 bits per heavy atom. The van der Waals surface area contributed by atoms with Gasteiger partial charge in [0.2, 0.25) is 0 Å². The summed E-state index contributed by atoms with van der Waals surface area (Å²) in [5.74, 6) is -5.46. The van der Waals surface area contributed by atoms with E-state index in [2.05, 4.69) is 38.2 Å². The van der Waals surface area contributed by atoms with Crippen LogP contribution in [0.2, 0.25) is 0 Å². The van der Waals surface area contributed by atoms with Gasteiger partial charge in [0.25, 0.3) is 0 Å². The average Bonchev–Trinajstić information content (AvgIpc) is 3.07. The smallest absolute Gasteiger partial charge is 0.317 e. The highest BCUT2D eigenvalue weighted by Gasteiger charge is 2.24. The Morgan fingerprint density at radius 2 is 0.780 bits per heavy atom. The molecule has 0 heterocycles. The van der Waals surface area contributed by atoms with Gasteiger partial charge in [-0.3, -0.25) is 19.2 Å². The molecule has 0 aromatic carbocycles. The van der Waals surface area contributed by atoms with Crippen molar-refractivity contribution in [3.63, 3.8) is 0 Å². The fourth-order valence-electron chi connectivity index (χ4n) is 5.66. The van der Waals surface area contributed by atoms with Crippen LogP contribution in [-0.4, -0.2) is 45.8 Å². The summed E-state index contributed by atoms with van der Waals surface area (Å²) in [5.41, 5.74) is 0. The molecule has 0 amide bonds. The molecule has 50 heavy (non-hydrogen) atoms. The van der Waals surface area contributed by atoms with Gasteiger partial charge in [-0.05, 0) is 64.2 Å². The van der Waals surface area contributed by atoms with Gasteiger partial charge in [-0.1, -0.05) is 160 Å². The second-order valence-electron chi connectivity index (χ2n) is 13.7. The molecule has 3 N–H and O–H groups in total. The minimum absolute atomic E-state index is 0.242. The molecule has 0 aliphatic rings. The topological polar surface area (TPSA) is 138 Å².